The van der Waals surface area contributed by atoms with Gasteiger partial charge in [-0.2, -0.15) is 0 Å². The van der Waals surface area contributed by atoms with E-state index in [4.69, 9.17) is 4.74 Å². The highest BCUT2D eigenvalue weighted by Gasteiger charge is 2.42. The Hall–Kier alpha value is -3.20. The Bertz CT molecular complexity index is 1080. The largest absolute Gasteiger partial charge is 0.445 e. The second-order valence-corrected chi connectivity index (χ2v) is 9.50. The number of Topliss-reactive ketones (excluding diaryl/α,β-unsaturated/α-hetero) is 1. The highest BCUT2D eigenvalue weighted by atomic mass is 32.2. The van der Waals surface area contributed by atoms with Crippen LogP contribution in [0, 0.1) is 5.92 Å². The van der Waals surface area contributed by atoms with E-state index in [-0.39, 0.29) is 29.4 Å². The molecule has 2 aromatic carbocycles. The van der Waals surface area contributed by atoms with E-state index in [1.807, 2.05) is 32.0 Å². The van der Waals surface area contributed by atoms with Crippen molar-refractivity contribution >= 4 is 27.8 Å². The molecular formula is C22H24N2O6S. The molecule has 1 heterocycles. The Labute approximate surface area is 181 Å². The average Bonchev–Trinajstić information content (AvgIpc) is 2.93. The van der Waals surface area contributed by atoms with E-state index in [0.717, 1.165) is 5.56 Å². The predicted octanol–water partition coefficient (Wildman–Crippen LogP) is 2.74. The second kappa shape index (κ2) is 9.30. The van der Waals surface area contributed by atoms with E-state index < -0.39 is 40.4 Å². The maximum atomic E-state index is 12.9. The van der Waals surface area contributed by atoms with Crippen LogP contribution < -0.4 is 5.32 Å². The van der Waals surface area contributed by atoms with Crippen molar-refractivity contribution in [3.8, 4) is 0 Å². The van der Waals surface area contributed by atoms with Crippen LogP contribution in [0.25, 0.3) is 0 Å². The molecule has 164 valence electrons. The third-order valence-electron chi connectivity index (χ3n) is 4.81. The third-order valence-corrected chi connectivity index (χ3v) is 6.60. The summed E-state index contributed by atoms with van der Waals surface area (Å²) in [4.78, 5) is 37.6. The lowest BCUT2D eigenvalue weighted by Gasteiger charge is -2.22. The van der Waals surface area contributed by atoms with Crippen molar-refractivity contribution in [2.24, 2.45) is 5.92 Å². The molecule has 31 heavy (non-hydrogen) atoms. The number of carbonyl (C=O) groups excluding carboxylic acids is 3. The minimum Gasteiger partial charge on any atom is -0.445 e. The normalized spacial score (nSPS) is 15.5. The molecule has 0 spiro atoms. The number of carbonyl (C=O) groups is 3. The molecule has 2 aromatic rings. The zero-order chi connectivity index (χ0) is 22.6. The van der Waals surface area contributed by atoms with Crippen LogP contribution in [0.3, 0.4) is 0 Å². The lowest BCUT2D eigenvalue weighted by Crippen LogP contribution is -2.47. The standard InChI is InChI=1S/C22H24N2O6S/c1-15(2)12-18(23-22(27)30-14-16-8-4-3-5-9-16)19(25)13-24-21(26)17-10-6-7-11-20(17)31(24,28)29/h3-11,15,18H,12-14H2,1-2H3,(H,23,27)/t18-/m0/s1. The minimum absolute atomic E-state index is 0.0313. The molecule has 1 atom stereocenters. The number of fused-ring (bicyclic) bond motifs is 1. The van der Waals surface area contributed by atoms with Crippen LogP contribution >= 0.6 is 0 Å². The van der Waals surface area contributed by atoms with E-state index in [9.17, 15) is 22.8 Å². The summed E-state index contributed by atoms with van der Waals surface area (Å²) < 4.78 is 31.1. The van der Waals surface area contributed by atoms with Gasteiger partial charge in [-0.05, 0) is 30.0 Å². The molecule has 1 N–H and O–H groups in total. The van der Waals surface area contributed by atoms with Crippen LogP contribution in [0.15, 0.2) is 59.5 Å². The summed E-state index contributed by atoms with van der Waals surface area (Å²) in [5.41, 5.74) is 0.821. The number of nitrogens with zero attached hydrogens (tertiary/aromatic N) is 1. The summed E-state index contributed by atoms with van der Waals surface area (Å²) in [6, 6.07) is 13.9. The monoisotopic (exact) mass is 444 g/mol. The molecule has 0 aliphatic carbocycles. The van der Waals surface area contributed by atoms with E-state index in [1.54, 1.807) is 18.2 Å². The first kappa shape index (κ1) is 22.5. The number of benzene rings is 2. The smallest absolute Gasteiger partial charge is 0.408 e. The van der Waals surface area contributed by atoms with Crippen LogP contribution in [-0.4, -0.2) is 43.1 Å². The van der Waals surface area contributed by atoms with Crippen molar-refractivity contribution in [1.82, 2.24) is 9.62 Å². The fourth-order valence-corrected chi connectivity index (χ4v) is 4.82. The molecule has 9 heteroatoms. The van der Waals surface area contributed by atoms with Gasteiger partial charge in [0.25, 0.3) is 15.9 Å². The van der Waals surface area contributed by atoms with Gasteiger partial charge in [-0.3, -0.25) is 9.59 Å². The fourth-order valence-electron chi connectivity index (χ4n) is 3.29. The summed E-state index contributed by atoms with van der Waals surface area (Å²) in [5, 5.41) is 2.51. The molecule has 0 aromatic heterocycles. The molecule has 0 unspecified atom stereocenters. The van der Waals surface area contributed by atoms with Gasteiger partial charge in [0, 0.05) is 0 Å². The molecule has 0 bridgehead atoms. The molecule has 3 rings (SSSR count). The van der Waals surface area contributed by atoms with E-state index in [1.165, 1.54) is 18.2 Å². The highest BCUT2D eigenvalue weighted by molar-refractivity contribution is 7.90. The number of rotatable bonds is 8. The number of hydrogen-bond acceptors (Lipinski definition) is 6. The van der Waals surface area contributed by atoms with Crippen LogP contribution in [0.5, 0.6) is 0 Å². The lowest BCUT2D eigenvalue weighted by molar-refractivity contribution is -0.121. The van der Waals surface area contributed by atoms with Gasteiger partial charge < -0.3 is 10.1 Å². The van der Waals surface area contributed by atoms with Gasteiger partial charge in [-0.25, -0.2) is 17.5 Å². The molecule has 2 amide bonds. The van der Waals surface area contributed by atoms with Crippen molar-refractivity contribution in [3.05, 3.63) is 65.7 Å². The fraction of sp³-hybridized carbons (Fsp3) is 0.318. The molecule has 0 saturated carbocycles. The molecular weight excluding hydrogens is 420 g/mol. The first-order chi connectivity index (χ1) is 14.7. The van der Waals surface area contributed by atoms with Crippen LogP contribution in [0.2, 0.25) is 0 Å². The van der Waals surface area contributed by atoms with Crippen LogP contribution in [-0.2, 0) is 26.2 Å². The number of alkyl carbamates (subject to hydrolysis) is 1. The highest BCUT2D eigenvalue weighted by Crippen LogP contribution is 2.29. The van der Waals surface area contributed by atoms with Gasteiger partial charge in [0.05, 0.1) is 18.2 Å². The molecule has 1 aliphatic rings. The van der Waals surface area contributed by atoms with Gasteiger partial charge in [0.2, 0.25) is 0 Å². The number of ether oxygens (including phenoxy) is 1. The zero-order valence-electron chi connectivity index (χ0n) is 17.3. The Balaban J connectivity index is 1.69. The summed E-state index contributed by atoms with van der Waals surface area (Å²) in [7, 11) is -4.11. The number of ketones is 1. The van der Waals surface area contributed by atoms with Crippen molar-refractivity contribution in [2.45, 2.75) is 37.8 Å². The lowest BCUT2D eigenvalue weighted by atomic mass is 10.0. The number of amides is 2. The van der Waals surface area contributed by atoms with Gasteiger partial charge in [-0.1, -0.05) is 56.3 Å². The molecule has 0 fully saturated rings. The summed E-state index contributed by atoms with van der Waals surface area (Å²) in [6.45, 7) is 3.10. The summed E-state index contributed by atoms with van der Waals surface area (Å²) in [5.74, 6) is -1.31. The van der Waals surface area contributed by atoms with Gasteiger partial charge >= 0.3 is 6.09 Å². The first-order valence-electron chi connectivity index (χ1n) is 9.86. The number of sulfonamides is 1. The Morgan fingerprint density at radius 3 is 2.32 bits per heavy atom. The van der Waals surface area contributed by atoms with Crippen molar-refractivity contribution < 1.29 is 27.5 Å². The van der Waals surface area contributed by atoms with E-state index in [2.05, 4.69) is 5.32 Å². The third kappa shape index (κ3) is 5.11. The van der Waals surface area contributed by atoms with Crippen LogP contribution in [0.1, 0.15) is 36.2 Å². The second-order valence-electron chi connectivity index (χ2n) is 7.67. The summed E-state index contributed by atoms with van der Waals surface area (Å²) >= 11 is 0. The Morgan fingerprint density at radius 1 is 1.03 bits per heavy atom. The predicted molar refractivity (Wildman–Crippen MR) is 113 cm³/mol. The molecule has 0 radical (unpaired) electrons. The van der Waals surface area contributed by atoms with Crippen LogP contribution in [0.4, 0.5) is 4.79 Å². The molecule has 8 nitrogen and oxygen atoms in total. The zero-order valence-corrected chi connectivity index (χ0v) is 18.1. The van der Waals surface area contributed by atoms with E-state index in [0.29, 0.717) is 4.31 Å². The Kier molecular flexibility index (Phi) is 6.74. The van der Waals surface area contributed by atoms with Crippen molar-refractivity contribution in [2.75, 3.05) is 6.54 Å². The van der Waals surface area contributed by atoms with Gasteiger partial charge in [-0.15, -0.1) is 0 Å². The maximum Gasteiger partial charge on any atom is 0.408 e. The Morgan fingerprint density at radius 2 is 1.68 bits per heavy atom. The first-order valence-corrected chi connectivity index (χ1v) is 11.3. The maximum absolute atomic E-state index is 12.9. The molecule has 0 saturated heterocycles. The SMILES string of the molecule is CC(C)C[C@H](NC(=O)OCc1ccccc1)C(=O)CN1C(=O)c2ccccc2S1(=O)=O. The van der Waals surface area contributed by atoms with Crippen molar-refractivity contribution in [3.63, 3.8) is 0 Å². The minimum atomic E-state index is -4.11. The summed E-state index contributed by atoms with van der Waals surface area (Å²) in [6.07, 6.45) is -0.518. The quantitative estimate of drug-likeness (QED) is 0.670. The van der Waals surface area contributed by atoms with E-state index >= 15 is 0 Å². The number of nitrogens with one attached hydrogen (secondary N) is 1. The van der Waals surface area contributed by atoms with Gasteiger partial charge in [0.1, 0.15) is 11.5 Å². The molecule has 1 aliphatic heterocycles. The topological polar surface area (TPSA) is 110 Å². The van der Waals surface area contributed by atoms with Crippen molar-refractivity contribution in [1.29, 1.82) is 0 Å². The van der Waals surface area contributed by atoms with Gasteiger partial charge in [0.15, 0.2) is 5.78 Å². The average molecular weight is 445 g/mol. The number of hydrogen-bond donors (Lipinski definition) is 1.